The summed E-state index contributed by atoms with van der Waals surface area (Å²) in [6, 6.07) is 6.79. The van der Waals surface area contributed by atoms with Crippen LogP contribution in [0.1, 0.15) is 36.2 Å². The van der Waals surface area contributed by atoms with Crippen molar-refractivity contribution in [2.45, 2.75) is 33.2 Å². The summed E-state index contributed by atoms with van der Waals surface area (Å²) in [5.41, 5.74) is 2.74. The average Bonchev–Trinajstić information content (AvgIpc) is 3.41. The molecule has 3 heterocycles. The zero-order chi connectivity index (χ0) is 26.2. The monoisotopic (exact) mass is 540 g/mol. The van der Waals surface area contributed by atoms with Crippen LogP contribution >= 0.6 is 23.2 Å². The predicted molar refractivity (Wildman–Crippen MR) is 128 cm³/mol. The Morgan fingerprint density at radius 3 is 2.72 bits per heavy atom. The van der Waals surface area contributed by atoms with Crippen molar-refractivity contribution in [3.05, 3.63) is 69.6 Å². The van der Waals surface area contributed by atoms with Crippen molar-refractivity contribution in [2.24, 2.45) is 0 Å². The highest BCUT2D eigenvalue weighted by molar-refractivity contribution is 6.32. The molecule has 0 unspecified atom stereocenters. The lowest BCUT2D eigenvalue weighted by Gasteiger charge is -2.12. The summed E-state index contributed by atoms with van der Waals surface area (Å²) < 4.78 is 58.1. The number of aromatic nitrogens is 3. The molecular formula is C24H18Cl2F4N4O2. The van der Waals surface area contributed by atoms with E-state index in [1.807, 2.05) is 0 Å². The van der Waals surface area contributed by atoms with Gasteiger partial charge in [0.2, 0.25) is 0 Å². The highest BCUT2D eigenvalue weighted by atomic mass is 35.5. The van der Waals surface area contributed by atoms with Gasteiger partial charge in [-0.3, -0.25) is 9.78 Å². The molecule has 6 nitrogen and oxygen atoms in total. The zero-order valence-electron chi connectivity index (χ0n) is 18.9. The van der Waals surface area contributed by atoms with E-state index in [0.717, 1.165) is 12.1 Å². The fourth-order valence-corrected chi connectivity index (χ4v) is 4.25. The van der Waals surface area contributed by atoms with Gasteiger partial charge in [-0.1, -0.05) is 30.1 Å². The third-order valence-corrected chi connectivity index (χ3v) is 5.85. The molecule has 0 saturated carbocycles. The third-order valence-electron chi connectivity index (χ3n) is 5.32. The molecule has 0 aliphatic carbocycles. The largest absolute Gasteiger partial charge is 0.573 e. The molecule has 1 aliphatic rings. The SMILES string of the molecule is CC/C(F)=C(Cl)\C=C(/C)n1nc(-c2nccc3c2CNC3=O)cc1-c1cc(Cl)cc(OC(F)(F)F)c1. The van der Waals surface area contributed by atoms with E-state index in [1.165, 1.54) is 23.0 Å². The van der Waals surface area contributed by atoms with Crippen LogP contribution in [-0.2, 0) is 6.54 Å². The molecule has 0 spiro atoms. The molecule has 12 heteroatoms. The predicted octanol–water partition coefficient (Wildman–Crippen LogP) is 7.10. The van der Waals surface area contributed by atoms with Crippen LogP contribution in [0.4, 0.5) is 17.6 Å². The Balaban J connectivity index is 1.92. The Labute approximate surface area is 213 Å². The summed E-state index contributed by atoms with van der Waals surface area (Å²) in [7, 11) is 0. The molecule has 1 N–H and O–H groups in total. The zero-order valence-corrected chi connectivity index (χ0v) is 20.4. The molecule has 188 valence electrons. The van der Waals surface area contributed by atoms with Gasteiger partial charge < -0.3 is 10.1 Å². The molecular weight excluding hydrogens is 523 g/mol. The van der Waals surface area contributed by atoms with E-state index >= 15 is 0 Å². The Bertz CT molecular complexity index is 1410. The van der Waals surface area contributed by atoms with Gasteiger partial charge in [0, 0.05) is 40.2 Å². The maximum absolute atomic E-state index is 14.0. The number of allylic oxidation sites excluding steroid dienone is 4. The van der Waals surface area contributed by atoms with Crippen LogP contribution in [0.5, 0.6) is 5.75 Å². The topological polar surface area (TPSA) is 69.0 Å². The van der Waals surface area contributed by atoms with Gasteiger partial charge in [0.15, 0.2) is 0 Å². The molecule has 0 radical (unpaired) electrons. The number of pyridine rings is 1. The number of halogens is 6. The minimum Gasteiger partial charge on any atom is -0.406 e. The maximum Gasteiger partial charge on any atom is 0.573 e. The maximum atomic E-state index is 14.0. The first kappa shape index (κ1) is 25.7. The number of benzene rings is 1. The van der Waals surface area contributed by atoms with Gasteiger partial charge in [-0.25, -0.2) is 9.07 Å². The van der Waals surface area contributed by atoms with E-state index in [9.17, 15) is 22.4 Å². The number of rotatable bonds is 6. The fraction of sp³-hybridized carbons (Fsp3) is 0.208. The number of fused-ring (bicyclic) bond motifs is 1. The summed E-state index contributed by atoms with van der Waals surface area (Å²) in [5.74, 6) is -1.31. The number of amides is 1. The lowest BCUT2D eigenvalue weighted by Crippen LogP contribution is -2.17. The van der Waals surface area contributed by atoms with Crippen LogP contribution in [0.25, 0.3) is 28.3 Å². The highest BCUT2D eigenvalue weighted by Gasteiger charge is 2.32. The Morgan fingerprint density at radius 1 is 1.28 bits per heavy atom. The number of nitrogens with zero attached hydrogens (tertiary/aromatic N) is 3. The van der Waals surface area contributed by atoms with E-state index in [4.69, 9.17) is 23.2 Å². The summed E-state index contributed by atoms with van der Waals surface area (Å²) in [4.78, 5) is 16.5. The fourth-order valence-electron chi connectivity index (χ4n) is 3.73. The molecule has 0 fully saturated rings. The van der Waals surface area contributed by atoms with E-state index in [1.54, 1.807) is 26.0 Å². The van der Waals surface area contributed by atoms with Crippen LogP contribution in [0, 0.1) is 0 Å². The van der Waals surface area contributed by atoms with Crippen molar-refractivity contribution in [1.29, 1.82) is 0 Å². The molecule has 0 saturated heterocycles. The van der Waals surface area contributed by atoms with Gasteiger partial charge >= 0.3 is 6.36 Å². The number of nitrogens with one attached hydrogen (secondary N) is 1. The van der Waals surface area contributed by atoms with Crippen molar-refractivity contribution < 1.29 is 27.1 Å². The molecule has 0 bridgehead atoms. The Hall–Kier alpha value is -3.37. The Kier molecular flexibility index (Phi) is 7.10. The minimum atomic E-state index is -4.92. The number of carbonyl (C=O) groups is 1. The molecule has 2 aromatic heterocycles. The standard InChI is InChI=1S/C24H18Cl2F4N4O2/c1-3-19(27)18(26)6-12(2)34-21(13-7-14(25)9-15(8-13)36-24(28,29)30)10-20(33-34)22-17-11-32-23(35)16(17)4-5-31-22/h4-10H,3,11H2,1-2H3,(H,32,35)/b12-6+,19-18-. The number of hydrogen-bond donors (Lipinski definition) is 1. The van der Waals surface area contributed by atoms with E-state index in [2.05, 4.69) is 20.1 Å². The van der Waals surface area contributed by atoms with Crippen molar-refractivity contribution >= 4 is 34.8 Å². The Morgan fingerprint density at radius 2 is 2.03 bits per heavy atom. The van der Waals surface area contributed by atoms with Crippen molar-refractivity contribution in [2.75, 3.05) is 0 Å². The first-order chi connectivity index (χ1) is 17.0. The van der Waals surface area contributed by atoms with Crippen molar-refractivity contribution in [1.82, 2.24) is 20.1 Å². The highest BCUT2D eigenvalue weighted by Crippen LogP contribution is 2.36. The van der Waals surface area contributed by atoms with E-state index < -0.39 is 17.9 Å². The third kappa shape index (κ3) is 5.39. The van der Waals surface area contributed by atoms with Crippen LogP contribution in [0.2, 0.25) is 5.02 Å². The van der Waals surface area contributed by atoms with E-state index in [0.29, 0.717) is 33.9 Å². The van der Waals surface area contributed by atoms with Crippen LogP contribution in [0.15, 0.2) is 53.5 Å². The number of alkyl halides is 3. The average molecular weight is 541 g/mol. The summed E-state index contributed by atoms with van der Waals surface area (Å²) in [6.07, 6.45) is -2.03. The van der Waals surface area contributed by atoms with E-state index in [-0.39, 0.29) is 34.5 Å². The number of carbonyl (C=O) groups excluding carboxylic acids is 1. The molecule has 3 aromatic rings. The first-order valence-electron chi connectivity index (χ1n) is 10.6. The summed E-state index contributed by atoms with van der Waals surface area (Å²) >= 11 is 12.2. The van der Waals surface area contributed by atoms with Gasteiger partial charge in [0.05, 0.1) is 16.4 Å². The normalized spacial score (nSPS) is 14.4. The molecule has 1 aliphatic heterocycles. The van der Waals surface area contributed by atoms with Crippen molar-refractivity contribution in [3.63, 3.8) is 0 Å². The first-order valence-corrected chi connectivity index (χ1v) is 11.4. The molecule has 1 amide bonds. The second kappa shape index (κ2) is 9.94. The lowest BCUT2D eigenvalue weighted by atomic mass is 10.1. The van der Waals surface area contributed by atoms with Crippen LogP contribution < -0.4 is 10.1 Å². The van der Waals surface area contributed by atoms with Gasteiger partial charge in [-0.05, 0) is 49.8 Å². The summed E-state index contributed by atoms with van der Waals surface area (Å²) in [6.45, 7) is 3.45. The van der Waals surface area contributed by atoms with Crippen LogP contribution in [-0.4, -0.2) is 27.0 Å². The lowest BCUT2D eigenvalue weighted by molar-refractivity contribution is -0.274. The van der Waals surface area contributed by atoms with Crippen LogP contribution in [0.3, 0.4) is 0 Å². The molecule has 0 atom stereocenters. The number of hydrogen-bond acceptors (Lipinski definition) is 4. The number of ether oxygens (including phenoxy) is 1. The van der Waals surface area contributed by atoms with Gasteiger partial charge in [0.25, 0.3) is 5.91 Å². The minimum absolute atomic E-state index is 0.00818. The van der Waals surface area contributed by atoms with Crippen molar-refractivity contribution in [3.8, 4) is 28.4 Å². The molecule has 4 rings (SSSR count). The molecule has 1 aromatic carbocycles. The second-order valence-corrected chi connectivity index (χ2v) is 8.65. The summed E-state index contributed by atoms with van der Waals surface area (Å²) in [5, 5.41) is 7.14. The molecule has 36 heavy (non-hydrogen) atoms. The smallest absolute Gasteiger partial charge is 0.406 e. The van der Waals surface area contributed by atoms with Gasteiger partial charge in [-0.2, -0.15) is 5.10 Å². The second-order valence-electron chi connectivity index (χ2n) is 7.81. The quantitative estimate of drug-likeness (QED) is 0.267. The van der Waals surface area contributed by atoms with Gasteiger partial charge in [-0.15, -0.1) is 13.2 Å². The van der Waals surface area contributed by atoms with Gasteiger partial charge in [0.1, 0.15) is 17.3 Å².